The van der Waals surface area contributed by atoms with E-state index in [2.05, 4.69) is 5.10 Å². The van der Waals surface area contributed by atoms with Gasteiger partial charge in [0.05, 0.1) is 12.8 Å². The van der Waals surface area contributed by atoms with Gasteiger partial charge in [-0.3, -0.25) is 11.1 Å². The number of aryl methyl sites for hydroxylation is 1. The zero-order valence-electron chi connectivity index (χ0n) is 15.3. The molecule has 0 aliphatic heterocycles. The molecule has 0 heterocycles. The minimum atomic E-state index is -0.404. The Morgan fingerprint density at radius 2 is 2.00 bits per heavy atom. The Morgan fingerprint density at radius 3 is 2.60 bits per heavy atom. The van der Waals surface area contributed by atoms with E-state index in [0.717, 1.165) is 49.1 Å². The smallest absolute Gasteiger partial charge is 0.179 e. The van der Waals surface area contributed by atoms with E-state index < -0.39 is 6.23 Å². The van der Waals surface area contributed by atoms with Gasteiger partial charge in [-0.15, -0.1) is 5.10 Å². The van der Waals surface area contributed by atoms with E-state index >= 15 is 0 Å². The summed E-state index contributed by atoms with van der Waals surface area (Å²) in [5.74, 6) is 7.25. The van der Waals surface area contributed by atoms with Crippen LogP contribution in [0.2, 0.25) is 0 Å². The predicted octanol–water partition coefficient (Wildman–Crippen LogP) is 2.07. The first kappa shape index (κ1) is 20.7. The highest BCUT2D eigenvalue weighted by atomic mass is 16.5. The van der Waals surface area contributed by atoms with Crippen molar-refractivity contribution < 1.29 is 9.47 Å². The summed E-state index contributed by atoms with van der Waals surface area (Å²) < 4.78 is 10.5. The lowest BCUT2D eigenvalue weighted by atomic mass is 10.0. The first-order valence-electron chi connectivity index (χ1n) is 8.33. The molecule has 0 fully saturated rings. The van der Waals surface area contributed by atoms with E-state index in [1.54, 1.807) is 21.0 Å². The summed E-state index contributed by atoms with van der Waals surface area (Å²) in [6, 6.07) is 5.67. The predicted molar refractivity (Wildman–Crippen MR) is 102 cm³/mol. The van der Waals surface area contributed by atoms with Crippen LogP contribution in [-0.2, 0) is 11.2 Å². The van der Waals surface area contributed by atoms with Crippen LogP contribution in [0.3, 0.4) is 0 Å². The van der Waals surface area contributed by atoms with Crippen molar-refractivity contribution in [1.29, 1.82) is 5.41 Å². The summed E-state index contributed by atoms with van der Waals surface area (Å²) in [5, 5.41) is 12.5. The molecule has 1 atom stereocenters. The van der Waals surface area contributed by atoms with Crippen LogP contribution in [-0.4, -0.2) is 25.1 Å². The maximum absolute atomic E-state index is 7.25. The lowest BCUT2D eigenvalue weighted by molar-refractivity contribution is 0.178. The number of hydrogen-bond donors (Lipinski definition) is 4. The van der Waals surface area contributed by atoms with Crippen molar-refractivity contribution in [3.8, 4) is 5.75 Å². The molecule has 0 bridgehead atoms. The number of amidine groups is 1. The van der Waals surface area contributed by atoms with Gasteiger partial charge in [0.15, 0.2) is 5.90 Å². The second-order valence-electron chi connectivity index (χ2n) is 5.89. The number of nitrogens with zero attached hydrogens (tertiary/aromatic N) is 2. The van der Waals surface area contributed by atoms with E-state index in [1.165, 1.54) is 5.12 Å². The van der Waals surface area contributed by atoms with Gasteiger partial charge in [0.1, 0.15) is 17.8 Å². The Morgan fingerprint density at radius 1 is 1.28 bits per heavy atom. The summed E-state index contributed by atoms with van der Waals surface area (Å²) >= 11 is 0. The number of hydrazone groups is 1. The monoisotopic (exact) mass is 350 g/mol. The minimum absolute atomic E-state index is 0.149. The molecule has 0 amide bonds. The minimum Gasteiger partial charge on any atom is -0.496 e. The Kier molecular flexibility index (Phi) is 8.73. The number of benzene rings is 1. The Hall–Kier alpha value is -2.32. The molecule has 0 saturated heterocycles. The van der Waals surface area contributed by atoms with E-state index in [4.69, 9.17) is 32.2 Å². The molecule has 0 radical (unpaired) electrons. The molecule has 1 aromatic carbocycles. The zero-order valence-corrected chi connectivity index (χ0v) is 15.3. The van der Waals surface area contributed by atoms with Gasteiger partial charge >= 0.3 is 0 Å². The maximum atomic E-state index is 7.25. The van der Waals surface area contributed by atoms with Gasteiger partial charge in [0.25, 0.3) is 0 Å². The number of hydrazine groups is 1. The molecule has 0 aromatic heterocycles. The molecule has 8 heteroatoms. The fourth-order valence-corrected chi connectivity index (χ4v) is 2.45. The number of anilines is 1. The van der Waals surface area contributed by atoms with Gasteiger partial charge in [0.2, 0.25) is 0 Å². The van der Waals surface area contributed by atoms with E-state index in [-0.39, 0.29) is 5.90 Å². The highest BCUT2D eigenvalue weighted by Gasteiger charge is 2.08. The van der Waals surface area contributed by atoms with Crippen LogP contribution in [0.5, 0.6) is 5.75 Å². The van der Waals surface area contributed by atoms with Gasteiger partial charge in [-0.1, -0.05) is 6.42 Å². The van der Waals surface area contributed by atoms with Gasteiger partial charge in [-0.25, -0.2) is 5.84 Å². The second-order valence-corrected chi connectivity index (χ2v) is 5.89. The van der Waals surface area contributed by atoms with Crippen LogP contribution >= 0.6 is 0 Å². The largest absolute Gasteiger partial charge is 0.496 e. The van der Waals surface area contributed by atoms with Gasteiger partial charge < -0.3 is 15.2 Å². The molecule has 8 nitrogen and oxygen atoms in total. The van der Waals surface area contributed by atoms with E-state index in [9.17, 15) is 0 Å². The van der Waals surface area contributed by atoms with Crippen LogP contribution in [0, 0.1) is 5.41 Å². The molecular weight excluding hydrogens is 320 g/mol. The first-order chi connectivity index (χ1) is 11.8. The highest BCUT2D eigenvalue weighted by molar-refractivity contribution is 5.78. The van der Waals surface area contributed by atoms with Crippen molar-refractivity contribution in [1.82, 2.24) is 0 Å². The molecule has 1 unspecified atom stereocenters. The Bertz CT molecular complexity index is 587. The number of unbranched alkanes of at least 4 members (excludes halogenated alkanes) is 2. The number of nitrogens with one attached hydrogen (secondary N) is 1. The molecule has 0 aliphatic rings. The SMILES string of the molecule is COc1ccc(N(N)/N=C(/C)N)cc1CCCCCC(N)OC(C)=N. The first-order valence-corrected chi connectivity index (χ1v) is 8.33. The van der Waals surface area contributed by atoms with E-state index in [1.807, 2.05) is 18.2 Å². The standard InChI is InChI=1S/C17H30N6O2/c1-12(18)22-23(21)15-9-10-16(24-3)14(11-15)7-5-4-6-8-17(20)25-13(2)19/h9-11,17,19H,4-8,20-21H2,1-3H3,(H2,18,22). The average molecular weight is 350 g/mol. The summed E-state index contributed by atoms with van der Waals surface area (Å²) in [6.45, 7) is 3.26. The van der Waals surface area contributed by atoms with Gasteiger partial charge in [-0.2, -0.15) is 5.12 Å². The van der Waals surface area contributed by atoms with Gasteiger partial charge in [0, 0.05) is 6.92 Å². The van der Waals surface area contributed by atoms with Crippen LogP contribution < -0.4 is 27.2 Å². The summed E-state index contributed by atoms with van der Waals surface area (Å²) in [6.07, 6.45) is 4.12. The quantitative estimate of drug-likeness (QED) is 0.127. The van der Waals surface area contributed by atoms with Crippen molar-refractivity contribution in [2.75, 3.05) is 12.2 Å². The van der Waals surface area contributed by atoms with Crippen molar-refractivity contribution in [3.63, 3.8) is 0 Å². The lowest BCUT2D eigenvalue weighted by Gasteiger charge is -2.16. The molecule has 25 heavy (non-hydrogen) atoms. The number of hydrogen-bond acceptors (Lipinski definition) is 7. The number of nitrogens with two attached hydrogens (primary N) is 3. The van der Waals surface area contributed by atoms with Crippen LogP contribution in [0.25, 0.3) is 0 Å². The molecule has 1 rings (SSSR count). The molecule has 7 N–H and O–H groups in total. The normalized spacial score (nSPS) is 12.6. The topological polar surface area (TPSA) is 136 Å². The summed E-state index contributed by atoms with van der Waals surface area (Å²) in [5.41, 5.74) is 13.2. The number of rotatable bonds is 10. The number of methoxy groups -OCH3 is 1. The third-order valence-electron chi connectivity index (χ3n) is 3.56. The van der Waals surface area contributed by atoms with Crippen LogP contribution in [0.15, 0.2) is 23.3 Å². The molecule has 0 saturated carbocycles. The van der Waals surface area contributed by atoms with Crippen LogP contribution in [0.4, 0.5) is 5.69 Å². The lowest BCUT2D eigenvalue weighted by Crippen LogP contribution is -2.27. The molecular formula is C17H30N6O2. The van der Waals surface area contributed by atoms with Crippen molar-refractivity contribution >= 4 is 17.4 Å². The van der Waals surface area contributed by atoms with Crippen molar-refractivity contribution in [2.45, 2.75) is 52.2 Å². The fraction of sp³-hybridized carbons (Fsp3) is 0.529. The molecule has 0 aliphatic carbocycles. The van der Waals surface area contributed by atoms with Gasteiger partial charge in [-0.05, 0) is 56.4 Å². The Balaban J connectivity index is 2.56. The summed E-state index contributed by atoms with van der Waals surface area (Å²) in [4.78, 5) is 0. The molecule has 1 aromatic rings. The molecule has 140 valence electrons. The number of ether oxygens (including phenoxy) is 2. The zero-order chi connectivity index (χ0) is 18.8. The molecule has 0 spiro atoms. The van der Waals surface area contributed by atoms with Crippen molar-refractivity contribution in [2.24, 2.45) is 22.4 Å². The summed E-state index contributed by atoms with van der Waals surface area (Å²) in [7, 11) is 1.65. The third-order valence-corrected chi connectivity index (χ3v) is 3.56. The van der Waals surface area contributed by atoms with Crippen LogP contribution in [0.1, 0.15) is 45.1 Å². The Labute approximate surface area is 149 Å². The van der Waals surface area contributed by atoms with Crippen molar-refractivity contribution in [3.05, 3.63) is 23.8 Å². The van der Waals surface area contributed by atoms with E-state index in [0.29, 0.717) is 5.84 Å². The fourth-order valence-electron chi connectivity index (χ4n) is 2.45. The second kappa shape index (κ2) is 10.5. The third kappa shape index (κ3) is 7.86. The average Bonchev–Trinajstić information content (AvgIpc) is 2.53. The maximum Gasteiger partial charge on any atom is 0.179 e. The highest BCUT2D eigenvalue weighted by Crippen LogP contribution is 2.26.